The van der Waals surface area contributed by atoms with Crippen molar-refractivity contribution in [2.75, 3.05) is 5.32 Å². The van der Waals surface area contributed by atoms with Gasteiger partial charge < -0.3 is 5.32 Å². The Balaban J connectivity index is 1.61. The van der Waals surface area contributed by atoms with E-state index >= 15 is 0 Å². The lowest BCUT2D eigenvalue weighted by molar-refractivity contribution is 0.753. The van der Waals surface area contributed by atoms with E-state index in [9.17, 15) is 0 Å². The number of H-pyrrole nitrogens is 1. The molecule has 0 aliphatic carbocycles. The summed E-state index contributed by atoms with van der Waals surface area (Å²) in [6.45, 7) is 0. The third-order valence-corrected chi connectivity index (χ3v) is 3.64. The molecule has 0 radical (unpaired) electrons. The van der Waals surface area contributed by atoms with Gasteiger partial charge >= 0.3 is 0 Å². The summed E-state index contributed by atoms with van der Waals surface area (Å²) < 4.78 is 0. The Kier molecular flexibility index (Phi) is 2.52. The average Bonchev–Trinajstić information content (AvgIpc) is 3.14. The van der Waals surface area contributed by atoms with Gasteiger partial charge in [-0.15, -0.1) is 0 Å². The van der Waals surface area contributed by atoms with E-state index in [1.165, 1.54) is 11.3 Å². The molecule has 98 valence electrons. The topological polar surface area (TPSA) is 53.6 Å². The van der Waals surface area contributed by atoms with Crippen molar-refractivity contribution in [1.29, 1.82) is 0 Å². The molecule has 4 rings (SSSR count). The highest BCUT2D eigenvalue weighted by Crippen LogP contribution is 2.32. The molecule has 2 aromatic carbocycles. The number of benzene rings is 2. The van der Waals surface area contributed by atoms with Crippen molar-refractivity contribution in [3.8, 4) is 11.4 Å². The summed E-state index contributed by atoms with van der Waals surface area (Å²) in [6.07, 6.45) is 0.944. The highest BCUT2D eigenvalue weighted by molar-refractivity contribution is 5.58. The maximum atomic E-state index is 4.62. The molecule has 4 heteroatoms. The summed E-state index contributed by atoms with van der Waals surface area (Å²) in [5.41, 5.74) is 3.55. The number of aromatic amines is 1. The number of aromatic nitrogens is 3. The van der Waals surface area contributed by atoms with Crippen LogP contribution in [0.3, 0.4) is 0 Å². The zero-order valence-corrected chi connectivity index (χ0v) is 10.9. The zero-order valence-electron chi connectivity index (χ0n) is 10.9. The van der Waals surface area contributed by atoms with E-state index in [0.29, 0.717) is 0 Å². The molecule has 1 aliphatic rings. The molecule has 1 unspecified atom stereocenters. The lowest BCUT2D eigenvalue weighted by Crippen LogP contribution is -2.07. The number of anilines is 1. The Bertz CT molecular complexity index is 708. The van der Waals surface area contributed by atoms with Gasteiger partial charge in [-0.25, -0.2) is 4.98 Å². The Labute approximate surface area is 116 Å². The maximum Gasteiger partial charge on any atom is 0.181 e. The number of hydrogen-bond donors (Lipinski definition) is 2. The van der Waals surface area contributed by atoms with Crippen LogP contribution in [0.2, 0.25) is 0 Å². The maximum absolute atomic E-state index is 4.62. The predicted molar refractivity (Wildman–Crippen MR) is 78.3 cm³/mol. The van der Waals surface area contributed by atoms with Crippen molar-refractivity contribution in [3.05, 3.63) is 66.0 Å². The predicted octanol–water partition coefficient (Wildman–Crippen LogP) is 3.18. The molecule has 0 amide bonds. The van der Waals surface area contributed by atoms with Gasteiger partial charge in [-0.1, -0.05) is 48.5 Å². The van der Waals surface area contributed by atoms with Crippen LogP contribution < -0.4 is 5.32 Å². The van der Waals surface area contributed by atoms with Gasteiger partial charge in [0.25, 0.3) is 0 Å². The number of rotatable bonds is 2. The standard InChI is InChI=1S/C16H14N4/c1-2-6-11(7-3-1)15-18-16(20-19-15)14-10-12-8-4-5-9-13(12)17-14/h1-9,14,17H,10H2,(H,18,19,20). The van der Waals surface area contributed by atoms with Gasteiger partial charge in [0.1, 0.15) is 5.82 Å². The molecule has 0 bridgehead atoms. The number of hydrogen-bond acceptors (Lipinski definition) is 3. The first-order valence-corrected chi connectivity index (χ1v) is 6.72. The zero-order chi connectivity index (χ0) is 13.4. The molecule has 0 spiro atoms. The van der Waals surface area contributed by atoms with Gasteiger partial charge in [-0.2, -0.15) is 5.10 Å². The smallest absolute Gasteiger partial charge is 0.181 e. The van der Waals surface area contributed by atoms with Crippen LogP contribution in [0.5, 0.6) is 0 Å². The summed E-state index contributed by atoms with van der Waals surface area (Å²) in [5.74, 6) is 1.64. The average molecular weight is 262 g/mol. The third kappa shape index (κ3) is 1.86. The summed E-state index contributed by atoms with van der Waals surface area (Å²) in [6, 6.07) is 18.6. The van der Waals surface area contributed by atoms with E-state index in [1.54, 1.807) is 0 Å². The Hall–Kier alpha value is -2.62. The van der Waals surface area contributed by atoms with Gasteiger partial charge in [0.2, 0.25) is 0 Å². The molecule has 2 heterocycles. The van der Waals surface area contributed by atoms with Crippen LogP contribution in [0, 0.1) is 0 Å². The summed E-state index contributed by atoms with van der Waals surface area (Å²) in [5, 5.41) is 10.9. The van der Waals surface area contributed by atoms with Gasteiger partial charge in [-0.05, 0) is 11.6 Å². The second-order valence-corrected chi connectivity index (χ2v) is 4.97. The number of fused-ring (bicyclic) bond motifs is 1. The van der Waals surface area contributed by atoms with Crippen molar-refractivity contribution < 1.29 is 0 Å². The van der Waals surface area contributed by atoms with E-state index in [4.69, 9.17) is 0 Å². The van der Waals surface area contributed by atoms with Crippen LogP contribution >= 0.6 is 0 Å². The molecule has 4 nitrogen and oxygen atoms in total. The number of nitrogens with one attached hydrogen (secondary N) is 2. The highest BCUT2D eigenvalue weighted by atomic mass is 15.2. The Morgan fingerprint density at radius 3 is 2.60 bits per heavy atom. The van der Waals surface area contributed by atoms with E-state index < -0.39 is 0 Å². The minimum Gasteiger partial charge on any atom is -0.375 e. The first kappa shape index (κ1) is 11.2. The fourth-order valence-corrected chi connectivity index (χ4v) is 2.61. The molecule has 1 aromatic heterocycles. The van der Waals surface area contributed by atoms with E-state index in [-0.39, 0.29) is 6.04 Å². The van der Waals surface area contributed by atoms with Crippen molar-refractivity contribution in [2.24, 2.45) is 0 Å². The lowest BCUT2D eigenvalue weighted by atomic mass is 10.1. The first-order valence-electron chi connectivity index (χ1n) is 6.72. The van der Waals surface area contributed by atoms with Crippen LogP contribution in [-0.4, -0.2) is 15.2 Å². The second-order valence-electron chi connectivity index (χ2n) is 4.97. The van der Waals surface area contributed by atoms with Crippen LogP contribution in [0.25, 0.3) is 11.4 Å². The van der Waals surface area contributed by atoms with Crippen LogP contribution in [0.1, 0.15) is 17.4 Å². The molecular weight excluding hydrogens is 248 g/mol. The molecule has 1 aliphatic heterocycles. The molecule has 0 saturated carbocycles. The van der Waals surface area contributed by atoms with Crippen LogP contribution in [-0.2, 0) is 6.42 Å². The lowest BCUT2D eigenvalue weighted by Gasteiger charge is -2.06. The summed E-state index contributed by atoms with van der Waals surface area (Å²) in [7, 11) is 0. The van der Waals surface area contributed by atoms with Gasteiger partial charge in [0.15, 0.2) is 5.82 Å². The second kappa shape index (κ2) is 4.49. The fourth-order valence-electron chi connectivity index (χ4n) is 2.61. The quantitative estimate of drug-likeness (QED) is 0.745. The minimum atomic E-state index is 0.178. The Morgan fingerprint density at radius 1 is 0.950 bits per heavy atom. The highest BCUT2D eigenvalue weighted by Gasteiger charge is 2.24. The summed E-state index contributed by atoms with van der Waals surface area (Å²) >= 11 is 0. The monoisotopic (exact) mass is 262 g/mol. The molecule has 2 N–H and O–H groups in total. The van der Waals surface area contributed by atoms with Gasteiger partial charge in [-0.3, -0.25) is 5.10 Å². The summed E-state index contributed by atoms with van der Waals surface area (Å²) in [4.78, 5) is 4.62. The van der Waals surface area contributed by atoms with E-state index in [0.717, 1.165) is 23.6 Å². The van der Waals surface area contributed by atoms with Crippen molar-refractivity contribution in [1.82, 2.24) is 15.2 Å². The van der Waals surface area contributed by atoms with Gasteiger partial charge in [0, 0.05) is 17.7 Å². The normalized spacial score (nSPS) is 16.7. The molecule has 1 atom stereocenters. The Morgan fingerprint density at radius 2 is 1.75 bits per heavy atom. The largest absolute Gasteiger partial charge is 0.375 e. The number of nitrogens with zero attached hydrogens (tertiary/aromatic N) is 2. The van der Waals surface area contributed by atoms with Crippen molar-refractivity contribution in [2.45, 2.75) is 12.5 Å². The molecule has 3 aromatic rings. The van der Waals surface area contributed by atoms with E-state index in [1.807, 2.05) is 36.4 Å². The third-order valence-electron chi connectivity index (χ3n) is 3.64. The number of para-hydroxylation sites is 1. The van der Waals surface area contributed by atoms with Crippen LogP contribution in [0.15, 0.2) is 54.6 Å². The minimum absolute atomic E-state index is 0.178. The molecular formula is C16H14N4. The van der Waals surface area contributed by atoms with Crippen molar-refractivity contribution in [3.63, 3.8) is 0 Å². The van der Waals surface area contributed by atoms with Crippen molar-refractivity contribution >= 4 is 5.69 Å². The fraction of sp³-hybridized carbons (Fsp3) is 0.125. The van der Waals surface area contributed by atoms with E-state index in [2.05, 4.69) is 38.7 Å². The molecule has 0 saturated heterocycles. The van der Waals surface area contributed by atoms with Gasteiger partial charge in [0.05, 0.1) is 6.04 Å². The molecule has 20 heavy (non-hydrogen) atoms. The SMILES string of the molecule is c1ccc(-c2n[nH]c(C3Cc4ccccc4N3)n2)cc1. The van der Waals surface area contributed by atoms with Crippen LogP contribution in [0.4, 0.5) is 5.69 Å². The first-order chi connectivity index (χ1) is 9.90. The molecule has 0 fully saturated rings.